The van der Waals surface area contributed by atoms with Crippen molar-refractivity contribution in [3.63, 3.8) is 0 Å². The molecule has 1 N–H and O–H groups in total. The van der Waals surface area contributed by atoms with Gasteiger partial charge in [0.1, 0.15) is 0 Å². The zero-order valence-electron chi connectivity index (χ0n) is 6.65. The molecule has 1 aliphatic heterocycles. The van der Waals surface area contributed by atoms with Gasteiger partial charge in [0.05, 0.1) is 0 Å². The van der Waals surface area contributed by atoms with Crippen molar-refractivity contribution in [3.8, 4) is 0 Å². The van der Waals surface area contributed by atoms with Gasteiger partial charge in [-0.15, -0.1) is 0 Å². The molecule has 3 atom stereocenters. The van der Waals surface area contributed by atoms with Crippen molar-refractivity contribution in [1.82, 2.24) is 5.32 Å². The van der Waals surface area contributed by atoms with Gasteiger partial charge < -0.3 is 5.32 Å². The van der Waals surface area contributed by atoms with Crippen LogP contribution in [0.5, 0.6) is 0 Å². The Morgan fingerprint density at radius 2 is 1.89 bits per heavy atom. The maximum Gasteiger partial charge on any atom is 0.00645 e. The van der Waals surface area contributed by atoms with E-state index in [4.69, 9.17) is 0 Å². The van der Waals surface area contributed by atoms with Crippen molar-refractivity contribution in [2.75, 3.05) is 6.54 Å². The largest absolute Gasteiger partial charge is 0.314 e. The van der Waals surface area contributed by atoms with Gasteiger partial charge in [-0.1, -0.05) is 13.8 Å². The summed E-state index contributed by atoms with van der Waals surface area (Å²) >= 11 is 0. The summed E-state index contributed by atoms with van der Waals surface area (Å²) in [5.74, 6) is 1.75. The Morgan fingerprint density at radius 3 is 2.33 bits per heavy atom. The van der Waals surface area contributed by atoms with E-state index in [0.29, 0.717) is 0 Å². The van der Waals surface area contributed by atoms with Crippen LogP contribution >= 0.6 is 0 Å². The van der Waals surface area contributed by atoms with E-state index in [1.54, 1.807) is 0 Å². The minimum Gasteiger partial charge on any atom is -0.314 e. The van der Waals surface area contributed by atoms with Crippen molar-refractivity contribution < 1.29 is 0 Å². The molecule has 1 nitrogen and oxygen atoms in total. The molecule has 1 saturated heterocycles. The molecule has 0 aliphatic carbocycles. The molecule has 1 heteroatoms. The molecule has 0 bridgehead atoms. The maximum absolute atomic E-state index is 3.48. The van der Waals surface area contributed by atoms with Crippen LogP contribution in [0.15, 0.2) is 0 Å². The van der Waals surface area contributed by atoms with Crippen LogP contribution in [-0.4, -0.2) is 12.6 Å². The first kappa shape index (κ1) is 7.07. The molecule has 0 aromatic rings. The molecule has 0 spiro atoms. The standard InChI is InChI=1S/C8H17N/c1-6-4-7(2)8(3)9-5-6/h6-9H,4-5H2,1-3H3/t6-,7+,8-/m1/s1. The van der Waals surface area contributed by atoms with E-state index in [9.17, 15) is 0 Å². The molecule has 9 heavy (non-hydrogen) atoms. The van der Waals surface area contributed by atoms with E-state index in [0.717, 1.165) is 17.9 Å². The van der Waals surface area contributed by atoms with Gasteiger partial charge in [0, 0.05) is 6.04 Å². The first-order valence-electron chi connectivity index (χ1n) is 3.93. The summed E-state index contributed by atoms with van der Waals surface area (Å²) in [5.41, 5.74) is 0. The van der Waals surface area contributed by atoms with E-state index in [2.05, 4.69) is 26.1 Å². The summed E-state index contributed by atoms with van der Waals surface area (Å²) in [6.07, 6.45) is 1.40. The molecule has 0 unspecified atom stereocenters. The highest BCUT2D eigenvalue weighted by molar-refractivity contribution is 4.77. The Hall–Kier alpha value is -0.0400. The summed E-state index contributed by atoms with van der Waals surface area (Å²) in [4.78, 5) is 0. The Labute approximate surface area is 57.8 Å². The molecule has 1 aliphatic rings. The molecule has 1 rings (SSSR count). The summed E-state index contributed by atoms with van der Waals surface area (Å²) in [7, 11) is 0. The van der Waals surface area contributed by atoms with Crippen molar-refractivity contribution in [3.05, 3.63) is 0 Å². The summed E-state index contributed by atoms with van der Waals surface area (Å²) in [5, 5.41) is 3.48. The van der Waals surface area contributed by atoms with E-state index in [-0.39, 0.29) is 0 Å². The topological polar surface area (TPSA) is 12.0 Å². The number of rotatable bonds is 0. The fourth-order valence-corrected chi connectivity index (χ4v) is 1.51. The van der Waals surface area contributed by atoms with Crippen LogP contribution in [0.3, 0.4) is 0 Å². The monoisotopic (exact) mass is 127 g/mol. The maximum atomic E-state index is 3.48. The van der Waals surface area contributed by atoms with Gasteiger partial charge in [-0.2, -0.15) is 0 Å². The predicted octanol–water partition coefficient (Wildman–Crippen LogP) is 1.64. The van der Waals surface area contributed by atoms with Crippen LogP contribution in [0.1, 0.15) is 27.2 Å². The smallest absolute Gasteiger partial charge is 0.00645 e. The molecule has 0 amide bonds. The fraction of sp³-hybridized carbons (Fsp3) is 1.00. The van der Waals surface area contributed by atoms with Gasteiger partial charge in [0.15, 0.2) is 0 Å². The van der Waals surface area contributed by atoms with Gasteiger partial charge in [-0.3, -0.25) is 0 Å². The molecule has 1 heterocycles. The lowest BCUT2D eigenvalue weighted by Crippen LogP contribution is -2.41. The first-order chi connectivity index (χ1) is 4.20. The van der Waals surface area contributed by atoms with Crippen molar-refractivity contribution in [1.29, 1.82) is 0 Å². The van der Waals surface area contributed by atoms with Crippen molar-refractivity contribution >= 4 is 0 Å². The van der Waals surface area contributed by atoms with E-state index in [1.807, 2.05) is 0 Å². The first-order valence-corrected chi connectivity index (χ1v) is 3.93. The van der Waals surface area contributed by atoms with Crippen LogP contribution in [0.25, 0.3) is 0 Å². The second-order valence-corrected chi connectivity index (χ2v) is 3.52. The highest BCUT2D eigenvalue weighted by Gasteiger charge is 2.20. The van der Waals surface area contributed by atoms with E-state index in [1.165, 1.54) is 13.0 Å². The zero-order valence-corrected chi connectivity index (χ0v) is 6.65. The molecule has 0 radical (unpaired) electrons. The molecular weight excluding hydrogens is 110 g/mol. The summed E-state index contributed by atoms with van der Waals surface area (Å²) in [6.45, 7) is 8.13. The lowest BCUT2D eigenvalue weighted by molar-refractivity contribution is 0.257. The van der Waals surface area contributed by atoms with Crippen LogP contribution in [0.4, 0.5) is 0 Å². The summed E-state index contributed by atoms with van der Waals surface area (Å²) < 4.78 is 0. The third kappa shape index (κ3) is 1.68. The SMILES string of the molecule is C[C@H]1CN[C@H](C)[C@@H](C)C1. The molecule has 0 saturated carbocycles. The second-order valence-electron chi connectivity index (χ2n) is 3.52. The van der Waals surface area contributed by atoms with Crippen molar-refractivity contribution in [2.24, 2.45) is 11.8 Å². The van der Waals surface area contributed by atoms with Crippen LogP contribution in [0, 0.1) is 11.8 Å². The zero-order chi connectivity index (χ0) is 6.85. The minimum atomic E-state index is 0.737. The van der Waals surface area contributed by atoms with E-state index >= 15 is 0 Å². The average Bonchev–Trinajstić information content (AvgIpc) is 1.80. The number of piperidine rings is 1. The van der Waals surface area contributed by atoms with Gasteiger partial charge in [-0.05, 0) is 31.7 Å². The molecule has 0 aromatic heterocycles. The highest BCUT2D eigenvalue weighted by atomic mass is 14.9. The lowest BCUT2D eigenvalue weighted by atomic mass is 9.88. The number of hydrogen-bond acceptors (Lipinski definition) is 1. The molecular formula is C8H17N. The van der Waals surface area contributed by atoms with Gasteiger partial charge in [0.2, 0.25) is 0 Å². The van der Waals surface area contributed by atoms with Gasteiger partial charge >= 0.3 is 0 Å². The Balaban J connectivity index is 2.35. The van der Waals surface area contributed by atoms with Crippen LogP contribution < -0.4 is 5.32 Å². The van der Waals surface area contributed by atoms with Gasteiger partial charge in [-0.25, -0.2) is 0 Å². The third-order valence-corrected chi connectivity index (χ3v) is 2.42. The quantitative estimate of drug-likeness (QED) is 0.521. The number of nitrogens with one attached hydrogen (secondary N) is 1. The van der Waals surface area contributed by atoms with E-state index < -0.39 is 0 Å². The van der Waals surface area contributed by atoms with Gasteiger partial charge in [0.25, 0.3) is 0 Å². The third-order valence-electron chi connectivity index (χ3n) is 2.42. The minimum absolute atomic E-state index is 0.737. The van der Waals surface area contributed by atoms with Crippen molar-refractivity contribution in [2.45, 2.75) is 33.2 Å². The number of hydrogen-bond donors (Lipinski definition) is 1. The highest BCUT2D eigenvalue weighted by Crippen LogP contribution is 2.19. The van der Waals surface area contributed by atoms with Crippen LogP contribution in [-0.2, 0) is 0 Å². The Bertz CT molecular complexity index is 90.6. The fourth-order valence-electron chi connectivity index (χ4n) is 1.51. The lowest BCUT2D eigenvalue weighted by Gasteiger charge is -2.31. The summed E-state index contributed by atoms with van der Waals surface area (Å²) in [6, 6.07) is 0.737. The Morgan fingerprint density at radius 1 is 1.22 bits per heavy atom. The average molecular weight is 127 g/mol. The Kier molecular flexibility index (Phi) is 2.12. The predicted molar refractivity (Wildman–Crippen MR) is 40.4 cm³/mol. The molecule has 1 fully saturated rings. The molecule has 54 valence electrons. The molecule has 0 aromatic carbocycles. The van der Waals surface area contributed by atoms with Crippen LogP contribution in [0.2, 0.25) is 0 Å². The normalized spacial score (nSPS) is 45.0. The second kappa shape index (κ2) is 2.70.